The van der Waals surface area contributed by atoms with E-state index in [0.717, 1.165) is 15.9 Å². The molecule has 0 amide bonds. The Morgan fingerprint density at radius 3 is 2.81 bits per heavy atom. The first-order chi connectivity index (χ1) is 7.83. The van der Waals surface area contributed by atoms with E-state index < -0.39 is 0 Å². The number of benzene rings is 1. The third-order valence-electron chi connectivity index (χ3n) is 3.48. The summed E-state index contributed by atoms with van der Waals surface area (Å²) in [5, 5.41) is 0. The lowest BCUT2D eigenvalue weighted by atomic mass is 9.89. The molecule has 1 N–H and O–H groups in total. The van der Waals surface area contributed by atoms with Crippen molar-refractivity contribution in [1.82, 2.24) is 9.97 Å². The van der Waals surface area contributed by atoms with Crippen molar-refractivity contribution in [2.75, 3.05) is 0 Å². The van der Waals surface area contributed by atoms with Gasteiger partial charge in [0.15, 0.2) is 0 Å². The predicted molar refractivity (Wildman–Crippen MR) is 69.2 cm³/mol. The zero-order valence-electron chi connectivity index (χ0n) is 9.24. The Hall–Kier alpha value is -0.960. The SMILES string of the molecule is Sc1ccc2nc(C3CCCCC3)[nH]c2c1. The molecule has 1 aromatic heterocycles. The minimum absolute atomic E-state index is 0.643. The number of nitrogens with one attached hydrogen (secondary N) is 1. The van der Waals surface area contributed by atoms with Gasteiger partial charge in [0, 0.05) is 10.8 Å². The first kappa shape index (κ1) is 10.2. The number of fused-ring (bicyclic) bond motifs is 1. The van der Waals surface area contributed by atoms with Crippen molar-refractivity contribution in [1.29, 1.82) is 0 Å². The maximum absolute atomic E-state index is 4.69. The van der Waals surface area contributed by atoms with E-state index in [2.05, 4.69) is 28.7 Å². The van der Waals surface area contributed by atoms with Crippen molar-refractivity contribution in [3.63, 3.8) is 0 Å². The van der Waals surface area contributed by atoms with Gasteiger partial charge in [0.2, 0.25) is 0 Å². The molecule has 0 unspecified atom stereocenters. The van der Waals surface area contributed by atoms with Gasteiger partial charge in [-0.2, -0.15) is 0 Å². The Morgan fingerprint density at radius 2 is 2.00 bits per heavy atom. The molecule has 3 rings (SSSR count). The maximum atomic E-state index is 4.69. The summed E-state index contributed by atoms with van der Waals surface area (Å²) in [7, 11) is 0. The zero-order chi connectivity index (χ0) is 11.0. The molecule has 1 aromatic carbocycles. The number of rotatable bonds is 1. The third kappa shape index (κ3) is 1.84. The molecule has 16 heavy (non-hydrogen) atoms. The lowest BCUT2D eigenvalue weighted by molar-refractivity contribution is 0.431. The smallest absolute Gasteiger partial charge is 0.110 e. The zero-order valence-corrected chi connectivity index (χ0v) is 10.1. The summed E-state index contributed by atoms with van der Waals surface area (Å²) >= 11 is 4.35. The molecule has 0 spiro atoms. The number of nitrogens with zero attached hydrogens (tertiary/aromatic N) is 1. The highest BCUT2D eigenvalue weighted by molar-refractivity contribution is 7.80. The molecule has 1 heterocycles. The number of hydrogen-bond acceptors (Lipinski definition) is 2. The monoisotopic (exact) mass is 232 g/mol. The van der Waals surface area contributed by atoms with Crippen molar-refractivity contribution in [2.45, 2.75) is 42.9 Å². The first-order valence-corrected chi connectivity index (χ1v) is 6.46. The van der Waals surface area contributed by atoms with Gasteiger partial charge in [-0.25, -0.2) is 4.98 Å². The van der Waals surface area contributed by atoms with Crippen LogP contribution >= 0.6 is 12.6 Å². The van der Waals surface area contributed by atoms with E-state index in [1.807, 2.05) is 12.1 Å². The molecule has 1 aliphatic rings. The van der Waals surface area contributed by atoms with E-state index in [1.54, 1.807) is 0 Å². The molecule has 0 bridgehead atoms. The molecule has 3 heteroatoms. The van der Waals surface area contributed by atoms with Crippen LogP contribution in [-0.2, 0) is 0 Å². The number of thiol groups is 1. The van der Waals surface area contributed by atoms with E-state index >= 15 is 0 Å². The van der Waals surface area contributed by atoms with E-state index in [9.17, 15) is 0 Å². The van der Waals surface area contributed by atoms with Crippen LogP contribution in [0.1, 0.15) is 43.8 Å². The van der Waals surface area contributed by atoms with Crippen LogP contribution in [0.4, 0.5) is 0 Å². The van der Waals surface area contributed by atoms with Crippen molar-refractivity contribution in [3.05, 3.63) is 24.0 Å². The largest absolute Gasteiger partial charge is 0.342 e. The van der Waals surface area contributed by atoms with Gasteiger partial charge < -0.3 is 4.98 Å². The molecule has 2 nitrogen and oxygen atoms in total. The second-order valence-corrected chi connectivity index (χ2v) is 5.17. The van der Waals surface area contributed by atoms with Crippen LogP contribution in [-0.4, -0.2) is 9.97 Å². The van der Waals surface area contributed by atoms with Gasteiger partial charge in [-0.3, -0.25) is 0 Å². The lowest BCUT2D eigenvalue weighted by Crippen LogP contribution is -2.05. The molecular formula is C13H16N2S. The van der Waals surface area contributed by atoms with E-state index in [4.69, 9.17) is 0 Å². The Morgan fingerprint density at radius 1 is 1.19 bits per heavy atom. The summed E-state index contributed by atoms with van der Waals surface area (Å²) in [4.78, 5) is 9.13. The summed E-state index contributed by atoms with van der Waals surface area (Å²) in [5.41, 5.74) is 2.19. The van der Waals surface area contributed by atoms with E-state index in [-0.39, 0.29) is 0 Å². The van der Waals surface area contributed by atoms with Gasteiger partial charge >= 0.3 is 0 Å². The predicted octanol–water partition coefficient (Wildman–Crippen LogP) is 3.90. The minimum Gasteiger partial charge on any atom is -0.342 e. The summed E-state index contributed by atoms with van der Waals surface area (Å²) in [6.45, 7) is 0. The third-order valence-corrected chi connectivity index (χ3v) is 3.75. The minimum atomic E-state index is 0.643. The number of aromatic nitrogens is 2. The Kier molecular flexibility index (Phi) is 2.64. The fourth-order valence-electron chi connectivity index (χ4n) is 2.59. The topological polar surface area (TPSA) is 28.7 Å². The summed E-state index contributed by atoms with van der Waals surface area (Å²) in [6, 6.07) is 6.09. The molecule has 0 saturated heterocycles. The summed E-state index contributed by atoms with van der Waals surface area (Å²) < 4.78 is 0. The molecule has 0 aliphatic heterocycles. The molecular weight excluding hydrogens is 216 g/mol. The van der Waals surface area contributed by atoms with E-state index in [0.29, 0.717) is 5.92 Å². The Bertz CT molecular complexity index is 498. The van der Waals surface area contributed by atoms with Crippen LogP contribution in [0.15, 0.2) is 23.1 Å². The molecule has 1 saturated carbocycles. The molecule has 84 valence electrons. The van der Waals surface area contributed by atoms with Crippen LogP contribution in [0.2, 0.25) is 0 Å². The number of aromatic amines is 1. The average molecular weight is 232 g/mol. The van der Waals surface area contributed by atoms with E-state index in [1.165, 1.54) is 37.9 Å². The number of H-pyrrole nitrogens is 1. The van der Waals surface area contributed by atoms with Crippen LogP contribution < -0.4 is 0 Å². The summed E-state index contributed by atoms with van der Waals surface area (Å²) in [6.07, 6.45) is 6.65. The van der Waals surface area contributed by atoms with Crippen LogP contribution in [0.5, 0.6) is 0 Å². The Labute approximate surface area is 101 Å². The lowest BCUT2D eigenvalue weighted by Gasteiger charge is -2.18. The second kappa shape index (κ2) is 4.13. The first-order valence-electron chi connectivity index (χ1n) is 6.01. The summed E-state index contributed by atoms with van der Waals surface area (Å²) in [5.74, 6) is 1.82. The highest BCUT2D eigenvalue weighted by Crippen LogP contribution is 2.32. The number of imidazole rings is 1. The molecule has 1 fully saturated rings. The van der Waals surface area contributed by atoms with Crippen LogP contribution in [0.3, 0.4) is 0 Å². The highest BCUT2D eigenvalue weighted by atomic mass is 32.1. The highest BCUT2D eigenvalue weighted by Gasteiger charge is 2.18. The Balaban J connectivity index is 1.97. The standard InChI is InChI=1S/C13H16N2S/c16-10-6-7-11-12(8-10)15-13(14-11)9-4-2-1-3-5-9/h6-9,16H,1-5H2,(H,14,15). The van der Waals surface area contributed by atoms with Crippen molar-refractivity contribution < 1.29 is 0 Å². The van der Waals surface area contributed by atoms with Gasteiger partial charge in [-0.1, -0.05) is 19.3 Å². The molecule has 1 aliphatic carbocycles. The molecule has 2 aromatic rings. The fraction of sp³-hybridized carbons (Fsp3) is 0.462. The van der Waals surface area contributed by atoms with Crippen molar-refractivity contribution in [2.24, 2.45) is 0 Å². The van der Waals surface area contributed by atoms with Gasteiger partial charge in [-0.15, -0.1) is 12.6 Å². The van der Waals surface area contributed by atoms with Gasteiger partial charge in [-0.05, 0) is 31.0 Å². The molecule has 0 radical (unpaired) electrons. The quantitative estimate of drug-likeness (QED) is 0.717. The van der Waals surface area contributed by atoms with Crippen LogP contribution in [0.25, 0.3) is 11.0 Å². The molecule has 0 atom stereocenters. The second-order valence-electron chi connectivity index (χ2n) is 4.66. The normalized spacial score (nSPS) is 18.1. The average Bonchev–Trinajstić information content (AvgIpc) is 2.73. The van der Waals surface area contributed by atoms with Crippen molar-refractivity contribution >= 4 is 23.7 Å². The fourth-order valence-corrected chi connectivity index (χ4v) is 2.79. The van der Waals surface area contributed by atoms with Crippen LogP contribution in [0, 0.1) is 0 Å². The van der Waals surface area contributed by atoms with Gasteiger partial charge in [0.1, 0.15) is 5.82 Å². The number of hydrogen-bond donors (Lipinski definition) is 2. The van der Waals surface area contributed by atoms with Crippen molar-refractivity contribution in [3.8, 4) is 0 Å². The van der Waals surface area contributed by atoms with Gasteiger partial charge in [0.25, 0.3) is 0 Å². The maximum Gasteiger partial charge on any atom is 0.110 e. The van der Waals surface area contributed by atoms with Gasteiger partial charge in [0.05, 0.1) is 11.0 Å².